The SMILES string of the molecule is NC(=NCCn1ccnc1)N1CCOCC1. The summed E-state index contributed by atoms with van der Waals surface area (Å²) in [4.78, 5) is 10.4. The Bertz CT molecular complexity index is 329. The summed E-state index contributed by atoms with van der Waals surface area (Å²) in [5.74, 6) is 0.614. The van der Waals surface area contributed by atoms with Gasteiger partial charge in [-0.2, -0.15) is 0 Å². The van der Waals surface area contributed by atoms with Crippen molar-refractivity contribution in [1.29, 1.82) is 0 Å². The van der Waals surface area contributed by atoms with Crippen LogP contribution in [0.15, 0.2) is 23.7 Å². The predicted molar refractivity (Wildman–Crippen MR) is 61.1 cm³/mol. The molecule has 0 atom stereocenters. The van der Waals surface area contributed by atoms with Gasteiger partial charge >= 0.3 is 0 Å². The molecular formula is C10H17N5O. The van der Waals surface area contributed by atoms with Gasteiger partial charge in [0.05, 0.1) is 26.1 Å². The standard InChI is InChI=1S/C10H17N5O/c11-10(15-5-7-16-8-6-15)13-2-4-14-3-1-12-9-14/h1,3,9H,2,4-8H2,(H2,11,13). The Morgan fingerprint density at radius 3 is 2.94 bits per heavy atom. The van der Waals surface area contributed by atoms with Gasteiger partial charge in [-0.05, 0) is 0 Å². The van der Waals surface area contributed by atoms with Crippen LogP contribution < -0.4 is 5.73 Å². The van der Waals surface area contributed by atoms with Gasteiger partial charge in [0, 0.05) is 32.0 Å². The van der Waals surface area contributed by atoms with Gasteiger partial charge in [-0.3, -0.25) is 4.99 Å². The molecule has 1 aromatic rings. The number of nitrogens with zero attached hydrogens (tertiary/aromatic N) is 4. The minimum Gasteiger partial charge on any atom is -0.378 e. The van der Waals surface area contributed by atoms with Crippen LogP contribution in [0.1, 0.15) is 0 Å². The zero-order valence-electron chi connectivity index (χ0n) is 9.25. The van der Waals surface area contributed by atoms with Crippen molar-refractivity contribution in [3.05, 3.63) is 18.7 Å². The Kier molecular flexibility index (Phi) is 3.76. The first-order valence-corrected chi connectivity index (χ1v) is 5.44. The lowest BCUT2D eigenvalue weighted by molar-refractivity contribution is 0.0674. The summed E-state index contributed by atoms with van der Waals surface area (Å²) in [6.07, 6.45) is 5.45. The summed E-state index contributed by atoms with van der Waals surface area (Å²) in [6, 6.07) is 0. The number of nitrogens with two attached hydrogens (primary N) is 1. The number of morpholine rings is 1. The fourth-order valence-electron chi connectivity index (χ4n) is 1.59. The molecule has 0 spiro atoms. The molecule has 2 rings (SSSR count). The molecule has 6 nitrogen and oxygen atoms in total. The average molecular weight is 223 g/mol. The van der Waals surface area contributed by atoms with Crippen molar-refractivity contribution in [2.75, 3.05) is 32.8 Å². The van der Waals surface area contributed by atoms with Gasteiger partial charge in [0.1, 0.15) is 0 Å². The van der Waals surface area contributed by atoms with Gasteiger partial charge in [-0.25, -0.2) is 4.98 Å². The summed E-state index contributed by atoms with van der Waals surface area (Å²) in [5.41, 5.74) is 5.88. The second-order valence-corrected chi connectivity index (χ2v) is 3.64. The second-order valence-electron chi connectivity index (χ2n) is 3.64. The Morgan fingerprint density at radius 2 is 2.25 bits per heavy atom. The molecule has 0 saturated carbocycles. The van der Waals surface area contributed by atoms with Gasteiger partial charge < -0.3 is 19.9 Å². The van der Waals surface area contributed by atoms with Crippen LogP contribution in [0.3, 0.4) is 0 Å². The highest BCUT2D eigenvalue weighted by Gasteiger charge is 2.11. The van der Waals surface area contributed by atoms with Crippen molar-refractivity contribution >= 4 is 5.96 Å². The molecule has 0 bridgehead atoms. The number of guanidine groups is 1. The minimum atomic E-state index is 0.614. The molecule has 1 aliphatic heterocycles. The molecule has 16 heavy (non-hydrogen) atoms. The Labute approximate surface area is 94.7 Å². The molecule has 88 valence electrons. The third-order valence-electron chi connectivity index (χ3n) is 2.53. The molecule has 2 N–H and O–H groups in total. The van der Waals surface area contributed by atoms with Crippen molar-refractivity contribution in [3.8, 4) is 0 Å². The van der Waals surface area contributed by atoms with E-state index in [0.717, 1.165) is 32.8 Å². The molecule has 0 aromatic carbocycles. The number of hydrogen-bond acceptors (Lipinski definition) is 3. The maximum Gasteiger partial charge on any atom is 0.191 e. The van der Waals surface area contributed by atoms with E-state index in [0.29, 0.717) is 12.5 Å². The van der Waals surface area contributed by atoms with Crippen LogP contribution >= 0.6 is 0 Å². The molecule has 0 aliphatic carbocycles. The first-order valence-electron chi connectivity index (χ1n) is 5.44. The van der Waals surface area contributed by atoms with E-state index in [4.69, 9.17) is 10.5 Å². The highest BCUT2D eigenvalue weighted by Crippen LogP contribution is 1.96. The van der Waals surface area contributed by atoms with Gasteiger partial charge in [0.25, 0.3) is 0 Å². The maximum absolute atomic E-state index is 5.88. The molecule has 6 heteroatoms. The summed E-state index contributed by atoms with van der Waals surface area (Å²) in [5, 5.41) is 0. The summed E-state index contributed by atoms with van der Waals surface area (Å²) < 4.78 is 7.23. The van der Waals surface area contributed by atoms with E-state index in [2.05, 4.69) is 14.9 Å². The summed E-state index contributed by atoms with van der Waals surface area (Å²) in [7, 11) is 0. The largest absolute Gasteiger partial charge is 0.378 e. The number of rotatable bonds is 3. The van der Waals surface area contributed by atoms with Crippen molar-refractivity contribution < 1.29 is 4.74 Å². The van der Waals surface area contributed by atoms with Gasteiger partial charge in [-0.1, -0.05) is 0 Å². The maximum atomic E-state index is 5.88. The van der Waals surface area contributed by atoms with Crippen molar-refractivity contribution in [2.45, 2.75) is 6.54 Å². The van der Waals surface area contributed by atoms with Gasteiger partial charge in [0.15, 0.2) is 5.96 Å². The smallest absolute Gasteiger partial charge is 0.191 e. The van der Waals surface area contributed by atoms with Crippen molar-refractivity contribution in [1.82, 2.24) is 14.5 Å². The van der Waals surface area contributed by atoms with Crippen LogP contribution in [-0.4, -0.2) is 53.3 Å². The van der Waals surface area contributed by atoms with E-state index in [1.54, 1.807) is 12.5 Å². The van der Waals surface area contributed by atoms with Crippen LogP contribution in [0.2, 0.25) is 0 Å². The van der Waals surface area contributed by atoms with Crippen LogP contribution in [-0.2, 0) is 11.3 Å². The molecular weight excluding hydrogens is 206 g/mol. The van der Waals surface area contributed by atoms with Crippen LogP contribution in [0.5, 0.6) is 0 Å². The lowest BCUT2D eigenvalue weighted by atomic mass is 10.4. The van der Waals surface area contributed by atoms with Crippen LogP contribution in [0, 0.1) is 0 Å². The molecule has 1 fully saturated rings. The van der Waals surface area contributed by atoms with E-state index in [1.165, 1.54) is 0 Å². The fourth-order valence-corrected chi connectivity index (χ4v) is 1.59. The Morgan fingerprint density at radius 1 is 1.44 bits per heavy atom. The first kappa shape index (κ1) is 10.9. The third kappa shape index (κ3) is 2.96. The van der Waals surface area contributed by atoms with E-state index in [-0.39, 0.29) is 0 Å². The Hall–Kier alpha value is -1.56. The lowest BCUT2D eigenvalue weighted by Crippen LogP contribution is -2.44. The fraction of sp³-hybridized carbons (Fsp3) is 0.600. The van der Waals surface area contributed by atoms with E-state index < -0.39 is 0 Å². The van der Waals surface area contributed by atoms with Gasteiger partial charge in [0.2, 0.25) is 0 Å². The molecule has 2 heterocycles. The highest BCUT2D eigenvalue weighted by atomic mass is 16.5. The van der Waals surface area contributed by atoms with Gasteiger partial charge in [-0.15, -0.1) is 0 Å². The molecule has 0 radical (unpaired) electrons. The number of hydrogen-bond donors (Lipinski definition) is 1. The Balaban J connectivity index is 1.77. The monoisotopic (exact) mass is 223 g/mol. The van der Waals surface area contributed by atoms with E-state index in [1.807, 2.05) is 10.8 Å². The summed E-state index contributed by atoms with van der Waals surface area (Å²) in [6.45, 7) is 4.63. The quantitative estimate of drug-likeness (QED) is 0.555. The predicted octanol–water partition coefficient (Wildman–Crippen LogP) is -0.470. The zero-order valence-corrected chi connectivity index (χ0v) is 9.25. The topological polar surface area (TPSA) is 68.7 Å². The number of ether oxygens (including phenoxy) is 1. The normalized spacial score (nSPS) is 17.8. The third-order valence-corrected chi connectivity index (χ3v) is 2.53. The van der Waals surface area contributed by atoms with Crippen LogP contribution in [0.4, 0.5) is 0 Å². The highest BCUT2D eigenvalue weighted by molar-refractivity contribution is 5.78. The minimum absolute atomic E-state index is 0.614. The van der Waals surface area contributed by atoms with Crippen LogP contribution in [0.25, 0.3) is 0 Å². The number of aliphatic imine (C=N–C) groups is 1. The van der Waals surface area contributed by atoms with Crippen molar-refractivity contribution in [2.24, 2.45) is 10.7 Å². The average Bonchev–Trinajstić information content (AvgIpc) is 2.83. The van der Waals surface area contributed by atoms with E-state index in [9.17, 15) is 0 Å². The molecule has 1 aromatic heterocycles. The first-order chi connectivity index (χ1) is 7.86. The molecule has 0 amide bonds. The molecule has 1 aliphatic rings. The second kappa shape index (κ2) is 5.50. The molecule has 0 unspecified atom stereocenters. The zero-order chi connectivity index (χ0) is 11.2. The van der Waals surface area contributed by atoms with E-state index >= 15 is 0 Å². The lowest BCUT2D eigenvalue weighted by Gasteiger charge is -2.27. The molecule has 1 saturated heterocycles. The number of imidazole rings is 1. The summed E-state index contributed by atoms with van der Waals surface area (Å²) >= 11 is 0. The van der Waals surface area contributed by atoms with Crippen molar-refractivity contribution in [3.63, 3.8) is 0 Å². The number of aromatic nitrogens is 2.